The van der Waals surface area contributed by atoms with Crippen LogP contribution in [0.3, 0.4) is 0 Å². The Balaban J connectivity index is 1.93. The van der Waals surface area contributed by atoms with E-state index in [0.717, 1.165) is 12.2 Å². The Morgan fingerprint density at radius 1 is 1.29 bits per heavy atom. The minimum Gasteiger partial charge on any atom is -0.486 e. The molecule has 0 bridgehead atoms. The van der Waals surface area contributed by atoms with Crippen molar-refractivity contribution < 1.29 is 19.1 Å². The van der Waals surface area contributed by atoms with Crippen molar-refractivity contribution in [3.63, 3.8) is 0 Å². The summed E-state index contributed by atoms with van der Waals surface area (Å²) in [5.74, 6) is 0.680. The van der Waals surface area contributed by atoms with Crippen LogP contribution in [0.25, 0.3) is 0 Å². The molecule has 4 heteroatoms. The maximum atomic E-state index is 10.9. The van der Waals surface area contributed by atoms with Crippen molar-refractivity contribution >= 4 is 5.97 Å². The smallest absolute Gasteiger partial charge is 0.339 e. The third kappa shape index (κ3) is 4.12. The van der Waals surface area contributed by atoms with Crippen molar-refractivity contribution in [2.24, 2.45) is 0 Å². The summed E-state index contributed by atoms with van der Waals surface area (Å²) >= 11 is 0. The van der Waals surface area contributed by atoms with E-state index < -0.39 is 5.97 Å². The van der Waals surface area contributed by atoms with Gasteiger partial charge in [0.2, 0.25) is 0 Å². The van der Waals surface area contributed by atoms with Gasteiger partial charge in [0, 0.05) is 0 Å². The van der Waals surface area contributed by atoms with E-state index in [2.05, 4.69) is 19.1 Å². The Kier molecular flexibility index (Phi) is 5.04. The van der Waals surface area contributed by atoms with Gasteiger partial charge in [-0.3, -0.25) is 0 Å². The number of rotatable bonds is 7. The van der Waals surface area contributed by atoms with Crippen LogP contribution in [0.15, 0.2) is 34.7 Å². The van der Waals surface area contributed by atoms with Gasteiger partial charge in [0.25, 0.3) is 0 Å². The maximum Gasteiger partial charge on any atom is 0.339 e. The lowest BCUT2D eigenvalue weighted by molar-refractivity contribution is 0.0695. The fraction of sp³-hybridized carbons (Fsp3) is 0.353. The molecule has 21 heavy (non-hydrogen) atoms. The van der Waals surface area contributed by atoms with E-state index in [1.165, 1.54) is 24.5 Å². The number of furan rings is 1. The van der Waals surface area contributed by atoms with Crippen molar-refractivity contribution in [1.82, 2.24) is 0 Å². The summed E-state index contributed by atoms with van der Waals surface area (Å²) < 4.78 is 11.0. The zero-order valence-electron chi connectivity index (χ0n) is 12.4. The molecule has 112 valence electrons. The SMILES string of the molecule is CCCCc1ccc(OCc2cc(C(=O)O)c(C)o2)cc1. The zero-order chi connectivity index (χ0) is 15.2. The number of unbranched alkanes of at least 4 members (excludes halogenated alkanes) is 1. The first-order valence-corrected chi connectivity index (χ1v) is 7.14. The molecule has 0 fully saturated rings. The highest BCUT2D eigenvalue weighted by Crippen LogP contribution is 2.19. The fourth-order valence-corrected chi connectivity index (χ4v) is 2.11. The number of benzene rings is 1. The average Bonchev–Trinajstić information content (AvgIpc) is 2.85. The standard InChI is InChI=1S/C17H20O4/c1-3-4-5-13-6-8-14(9-7-13)20-11-15-10-16(17(18)19)12(2)21-15/h6-10H,3-5,11H2,1-2H3,(H,18,19). The summed E-state index contributed by atoms with van der Waals surface area (Å²) in [6.45, 7) is 4.03. The Bertz CT molecular complexity index is 596. The third-order valence-electron chi connectivity index (χ3n) is 3.32. The lowest BCUT2D eigenvalue weighted by Gasteiger charge is -2.05. The Morgan fingerprint density at radius 3 is 2.57 bits per heavy atom. The summed E-state index contributed by atoms with van der Waals surface area (Å²) in [5.41, 5.74) is 1.48. The van der Waals surface area contributed by atoms with E-state index in [1.807, 2.05) is 12.1 Å². The predicted molar refractivity (Wildman–Crippen MR) is 79.8 cm³/mol. The molecule has 0 saturated heterocycles. The molecule has 1 aromatic heterocycles. The Morgan fingerprint density at radius 2 is 2.00 bits per heavy atom. The van der Waals surface area contributed by atoms with Crippen LogP contribution in [-0.4, -0.2) is 11.1 Å². The van der Waals surface area contributed by atoms with Gasteiger partial charge in [0.1, 0.15) is 29.4 Å². The van der Waals surface area contributed by atoms with Crippen molar-refractivity contribution in [1.29, 1.82) is 0 Å². The summed E-state index contributed by atoms with van der Waals surface area (Å²) in [6.07, 6.45) is 3.45. The van der Waals surface area contributed by atoms with Crippen molar-refractivity contribution in [2.45, 2.75) is 39.7 Å². The van der Waals surface area contributed by atoms with Gasteiger partial charge in [-0.05, 0) is 43.5 Å². The molecule has 2 rings (SSSR count). The number of aryl methyl sites for hydroxylation is 2. The first-order chi connectivity index (χ1) is 10.1. The predicted octanol–water partition coefficient (Wildman–Crippen LogP) is 4.21. The largest absolute Gasteiger partial charge is 0.486 e. The van der Waals surface area contributed by atoms with Gasteiger partial charge < -0.3 is 14.3 Å². The molecular formula is C17H20O4. The van der Waals surface area contributed by atoms with Crippen LogP contribution < -0.4 is 4.74 Å². The Hall–Kier alpha value is -2.23. The van der Waals surface area contributed by atoms with Crippen LogP contribution in [0.4, 0.5) is 0 Å². The molecule has 0 amide bonds. The lowest BCUT2D eigenvalue weighted by atomic mass is 10.1. The van der Waals surface area contributed by atoms with E-state index in [4.69, 9.17) is 14.3 Å². The number of aromatic carboxylic acids is 1. The number of hydrogen-bond donors (Lipinski definition) is 1. The lowest BCUT2D eigenvalue weighted by Crippen LogP contribution is -1.96. The van der Waals surface area contributed by atoms with Gasteiger partial charge >= 0.3 is 5.97 Å². The minimum atomic E-state index is -0.984. The topological polar surface area (TPSA) is 59.7 Å². The summed E-state index contributed by atoms with van der Waals surface area (Å²) in [7, 11) is 0. The number of hydrogen-bond acceptors (Lipinski definition) is 3. The molecule has 0 aliphatic carbocycles. The highest BCUT2D eigenvalue weighted by atomic mass is 16.5. The van der Waals surface area contributed by atoms with E-state index in [9.17, 15) is 4.79 Å². The highest BCUT2D eigenvalue weighted by molar-refractivity contribution is 5.88. The molecule has 0 aliphatic heterocycles. The van der Waals surface area contributed by atoms with Gasteiger partial charge in [-0.2, -0.15) is 0 Å². The van der Waals surface area contributed by atoms with Gasteiger partial charge in [-0.1, -0.05) is 25.5 Å². The quantitative estimate of drug-likeness (QED) is 0.829. The molecule has 1 heterocycles. The van der Waals surface area contributed by atoms with Gasteiger partial charge in [-0.25, -0.2) is 4.79 Å². The summed E-state index contributed by atoms with van der Waals surface area (Å²) in [4.78, 5) is 10.9. The van der Waals surface area contributed by atoms with Crippen LogP contribution in [0.1, 0.15) is 47.2 Å². The average molecular weight is 288 g/mol. The Labute approximate surface area is 124 Å². The molecule has 0 radical (unpaired) electrons. The van der Waals surface area contributed by atoms with E-state index >= 15 is 0 Å². The molecule has 1 N–H and O–H groups in total. The second-order valence-electron chi connectivity index (χ2n) is 5.02. The first-order valence-electron chi connectivity index (χ1n) is 7.14. The van der Waals surface area contributed by atoms with Crippen LogP contribution in [0.5, 0.6) is 5.75 Å². The zero-order valence-corrected chi connectivity index (χ0v) is 12.4. The van der Waals surface area contributed by atoms with Gasteiger partial charge in [0.05, 0.1) is 0 Å². The minimum absolute atomic E-state index is 0.184. The van der Waals surface area contributed by atoms with Gasteiger partial charge in [0.15, 0.2) is 0 Å². The molecule has 0 unspecified atom stereocenters. The van der Waals surface area contributed by atoms with E-state index in [1.54, 1.807) is 6.92 Å². The molecule has 0 saturated carbocycles. The van der Waals surface area contributed by atoms with Crippen LogP contribution in [-0.2, 0) is 13.0 Å². The monoisotopic (exact) mass is 288 g/mol. The van der Waals surface area contributed by atoms with Crippen molar-refractivity contribution in [3.05, 3.63) is 53.0 Å². The fourth-order valence-electron chi connectivity index (χ4n) is 2.11. The second-order valence-corrected chi connectivity index (χ2v) is 5.02. The van der Waals surface area contributed by atoms with Crippen molar-refractivity contribution in [3.8, 4) is 5.75 Å². The van der Waals surface area contributed by atoms with Crippen molar-refractivity contribution in [2.75, 3.05) is 0 Å². The first kappa shape index (κ1) is 15.2. The normalized spacial score (nSPS) is 10.6. The maximum absolute atomic E-state index is 10.9. The summed E-state index contributed by atoms with van der Waals surface area (Å²) in [6, 6.07) is 9.48. The van der Waals surface area contributed by atoms with Crippen LogP contribution in [0, 0.1) is 6.92 Å². The molecule has 0 aliphatic rings. The van der Waals surface area contributed by atoms with Crippen LogP contribution in [0.2, 0.25) is 0 Å². The van der Waals surface area contributed by atoms with E-state index in [-0.39, 0.29) is 12.2 Å². The van der Waals surface area contributed by atoms with Gasteiger partial charge in [-0.15, -0.1) is 0 Å². The molecular weight excluding hydrogens is 268 g/mol. The third-order valence-corrected chi connectivity index (χ3v) is 3.32. The highest BCUT2D eigenvalue weighted by Gasteiger charge is 2.13. The molecule has 4 nitrogen and oxygen atoms in total. The number of carboxylic acid groups (broad SMARTS) is 1. The van der Waals surface area contributed by atoms with E-state index in [0.29, 0.717) is 11.5 Å². The number of carboxylic acids is 1. The summed E-state index contributed by atoms with van der Waals surface area (Å²) in [5, 5.41) is 8.96. The van der Waals surface area contributed by atoms with Crippen LogP contribution >= 0.6 is 0 Å². The number of carbonyl (C=O) groups is 1. The second kappa shape index (κ2) is 6.97. The molecule has 1 aromatic carbocycles. The molecule has 2 aromatic rings. The number of ether oxygens (including phenoxy) is 1. The molecule has 0 atom stereocenters. The molecule has 0 spiro atoms.